The highest BCUT2D eigenvalue weighted by Gasteiger charge is 2.49. The van der Waals surface area contributed by atoms with Crippen molar-refractivity contribution in [1.82, 2.24) is 9.97 Å². The van der Waals surface area contributed by atoms with Crippen molar-refractivity contribution >= 4 is 5.95 Å². The van der Waals surface area contributed by atoms with Crippen LogP contribution in [0.1, 0.15) is 48.2 Å². The van der Waals surface area contributed by atoms with Gasteiger partial charge in [0.15, 0.2) is 0 Å². The Kier molecular flexibility index (Phi) is 3.61. The number of benzene rings is 1. The van der Waals surface area contributed by atoms with E-state index in [1.54, 1.807) is 0 Å². The van der Waals surface area contributed by atoms with Crippen LogP contribution in [0.4, 0.5) is 5.95 Å². The molecule has 4 nitrogen and oxygen atoms in total. The van der Waals surface area contributed by atoms with E-state index in [0.717, 1.165) is 48.6 Å². The predicted octanol–water partition coefficient (Wildman–Crippen LogP) is 3.42. The Bertz CT molecular complexity index is 722. The second kappa shape index (κ2) is 5.55. The number of aromatic nitrogens is 2. The first-order chi connectivity index (χ1) is 11.4. The standard InChI is InChI=1S/C20H25N3O/c1-13-4-6-16(7-5-13)20(24)11-17-8-9-18(12-20)23(17)19-21-14(2)10-15(3)22-19/h4-7,10,17-18,24H,8-9,11-12H2,1-3H3. The van der Waals surface area contributed by atoms with Crippen LogP contribution in [0, 0.1) is 20.8 Å². The molecule has 2 aliphatic rings. The van der Waals surface area contributed by atoms with Crippen molar-refractivity contribution in [3.05, 3.63) is 52.8 Å². The van der Waals surface area contributed by atoms with Crippen molar-refractivity contribution in [2.45, 2.75) is 64.1 Å². The number of piperidine rings is 1. The van der Waals surface area contributed by atoms with Crippen molar-refractivity contribution in [1.29, 1.82) is 0 Å². The number of rotatable bonds is 2. The van der Waals surface area contributed by atoms with E-state index in [1.165, 1.54) is 5.56 Å². The summed E-state index contributed by atoms with van der Waals surface area (Å²) in [6.45, 7) is 6.12. The van der Waals surface area contributed by atoms with Crippen molar-refractivity contribution in [2.75, 3.05) is 4.90 Å². The minimum absolute atomic E-state index is 0.316. The number of aryl methyl sites for hydroxylation is 3. The third kappa shape index (κ3) is 2.59. The molecule has 1 N–H and O–H groups in total. The first-order valence-corrected chi connectivity index (χ1v) is 8.85. The minimum Gasteiger partial charge on any atom is -0.385 e. The summed E-state index contributed by atoms with van der Waals surface area (Å²) in [5.74, 6) is 0.839. The Morgan fingerprint density at radius 2 is 1.50 bits per heavy atom. The monoisotopic (exact) mass is 323 g/mol. The lowest BCUT2D eigenvalue weighted by Gasteiger charge is -2.44. The summed E-state index contributed by atoms with van der Waals surface area (Å²) in [5, 5.41) is 11.3. The van der Waals surface area contributed by atoms with E-state index in [9.17, 15) is 5.11 Å². The molecule has 0 radical (unpaired) electrons. The molecular weight excluding hydrogens is 298 g/mol. The fourth-order valence-corrected chi connectivity index (χ4v) is 4.47. The fourth-order valence-electron chi connectivity index (χ4n) is 4.47. The highest BCUT2D eigenvalue weighted by molar-refractivity contribution is 5.41. The Morgan fingerprint density at radius 1 is 0.958 bits per heavy atom. The normalized spacial score (nSPS) is 29.1. The van der Waals surface area contributed by atoms with E-state index in [4.69, 9.17) is 0 Å². The number of hydrogen-bond acceptors (Lipinski definition) is 4. The van der Waals surface area contributed by atoms with Gasteiger partial charge in [0, 0.05) is 36.3 Å². The second-order valence-electron chi connectivity index (χ2n) is 7.55. The zero-order valence-corrected chi connectivity index (χ0v) is 14.7. The fraction of sp³-hybridized carbons (Fsp3) is 0.500. The topological polar surface area (TPSA) is 49.2 Å². The van der Waals surface area contributed by atoms with Gasteiger partial charge >= 0.3 is 0 Å². The van der Waals surface area contributed by atoms with E-state index in [-0.39, 0.29) is 0 Å². The molecule has 2 atom stereocenters. The van der Waals surface area contributed by atoms with E-state index in [1.807, 2.05) is 19.9 Å². The Morgan fingerprint density at radius 3 is 2.04 bits per heavy atom. The van der Waals surface area contributed by atoms with Gasteiger partial charge in [0.25, 0.3) is 0 Å². The molecule has 2 unspecified atom stereocenters. The molecule has 2 bridgehead atoms. The first kappa shape index (κ1) is 15.6. The second-order valence-corrected chi connectivity index (χ2v) is 7.55. The van der Waals surface area contributed by atoms with Gasteiger partial charge in [0.2, 0.25) is 5.95 Å². The summed E-state index contributed by atoms with van der Waals surface area (Å²) in [5.41, 5.74) is 3.57. The quantitative estimate of drug-likeness (QED) is 0.920. The molecule has 1 aromatic carbocycles. The van der Waals surface area contributed by atoms with E-state index < -0.39 is 5.60 Å². The summed E-state index contributed by atoms with van der Waals surface area (Å²) in [4.78, 5) is 11.7. The van der Waals surface area contributed by atoms with Gasteiger partial charge < -0.3 is 10.0 Å². The molecule has 126 valence electrons. The molecular formula is C20H25N3O. The van der Waals surface area contributed by atoms with Gasteiger partial charge in [-0.1, -0.05) is 29.8 Å². The van der Waals surface area contributed by atoms with Gasteiger partial charge in [-0.3, -0.25) is 0 Å². The molecule has 2 aromatic rings. The van der Waals surface area contributed by atoms with Gasteiger partial charge in [-0.05, 0) is 45.2 Å². The van der Waals surface area contributed by atoms with Crippen LogP contribution in [0.25, 0.3) is 0 Å². The maximum atomic E-state index is 11.3. The molecule has 0 aliphatic carbocycles. The molecule has 1 aromatic heterocycles. The summed E-state index contributed by atoms with van der Waals surface area (Å²) in [6, 6.07) is 11.0. The predicted molar refractivity (Wildman–Crippen MR) is 95.1 cm³/mol. The summed E-state index contributed by atoms with van der Waals surface area (Å²) in [7, 11) is 0. The van der Waals surface area contributed by atoms with Crippen LogP contribution < -0.4 is 4.90 Å². The largest absolute Gasteiger partial charge is 0.385 e. The van der Waals surface area contributed by atoms with Crippen LogP contribution in [0.3, 0.4) is 0 Å². The molecule has 4 rings (SSSR count). The maximum absolute atomic E-state index is 11.3. The summed E-state index contributed by atoms with van der Waals surface area (Å²) in [6.07, 6.45) is 3.72. The zero-order valence-electron chi connectivity index (χ0n) is 14.7. The van der Waals surface area contributed by atoms with E-state index in [0.29, 0.717) is 12.1 Å². The first-order valence-electron chi connectivity index (χ1n) is 8.85. The molecule has 2 aliphatic heterocycles. The van der Waals surface area contributed by atoms with Crippen LogP contribution in [-0.2, 0) is 5.60 Å². The van der Waals surface area contributed by atoms with Gasteiger partial charge in [-0.2, -0.15) is 0 Å². The lowest BCUT2D eigenvalue weighted by molar-refractivity contribution is -0.00337. The molecule has 3 heterocycles. The molecule has 2 fully saturated rings. The average molecular weight is 323 g/mol. The molecule has 0 spiro atoms. The zero-order chi connectivity index (χ0) is 16.9. The summed E-state index contributed by atoms with van der Waals surface area (Å²) >= 11 is 0. The molecule has 0 amide bonds. The number of nitrogens with zero attached hydrogens (tertiary/aromatic N) is 3. The third-order valence-electron chi connectivity index (χ3n) is 5.56. The van der Waals surface area contributed by atoms with Crippen molar-refractivity contribution < 1.29 is 5.11 Å². The molecule has 0 saturated carbocycles. The van der Waals surface area contributed by atoms with E-state index >= 15 is 0 Å². The summed E-state index contributed by atoms with van der Waals surface area (Å²) < 4.78 is 0. The lowest BCUT2D eigenvalue weighted by Crippen LogP contribution is -2.50. The number of hydrogen-bond donors (Lipinski definition) is 1. The highest BCUT2D eigenvalue weighted by Crippen LogP contribution is 2.46. The van der Waals surface area contributed by atoms with Crippen LogP contribution in [-0.4, -0.2) is 27.2 Å². The smallest absolute Gasteiger partial charge is 0.226 e. The van der Waals surface area contributed by atoms with Crippen LogP contribution in [0.15, 0.2) is 30.3 Å². The van der Waals surface area contributed by atoms with Crippen molar-refractivity contribution in [2.24, 2.45) is 0 Å². The Labute approximate surface area is 143 Å². The van der Waals surface area contributed by atoms with Crippen LogP contribution in [0.5, 0.6) is 0 Å². The maximum Gasteiger partial charge on any atom is 0.226 e. The van der Waals surface area contributed by atoms with Crippen molar-refractivity contribution in [3.8, 4) is 0 Å². The average Bonchev–Trinajstić information content (AvgIpc) is 2.79. The SMILES string of the molecule is Cc1ccc(C2(O)CC3CCC(C2)N3c2nc(C)cc(C)n2)cc1. The Hall–Kier alpha value is -1.94. The van der Waals surface area contributed by atoms with Gasteiger partial charge in [0.1, 0.15) is 0 Å². The number of fused-ring (bicyclic) bond motifs is 2. The third-order valence-corrected chi connectivity index (χ3v) is 5.56. The van der Waals surface area contributed by atoms with Crippen LogP contribution in [0.2, 0.25) is 0 Å². The highest BCUT2D eigenvalue weighted by atomic mass is 16.3. The van der Waals surface area contributed by atoms with Crippen molar-refractivity contribution in [3.63, 3.8) is 0 Å². The molecule has 2 saturated heterocycles. The number of aliphatic hydroxyl groups is 1. The van der Waals surface area contributed by atoms with Gasteiger partial charge in [-0.25, -0.2) is 9.97 Å². The molecule has 24 heavy (non-hydrogen) atoms. The minimum atomic E-state index is -0.727. The van der Waals surface area contributed by atoms with E-state index in [2.05, 4.69) is 46.1 Å². The lowest BCUT2D eigenvalue weighted by atomic mass is 9.80. The van der Waals surface area contributed by atoms with Gasteiger partial charge in [-0.15, -0.1) is 0 Å². The molecule has 4 heteroatoms. The van der Waals surface area contributed by atoms with Gasteiger partial charge in [0.05, 0.1) is 5.60 Å². The number of anilines is 1. The Balaban J connectivity index is 1.65. The van der Waals surface area contributed by atoms with Crippen LogP contribution >= 0.6 is 0 Å².